The Bertz CT molecular complexity index is 1360. The second-order valence-electron chi connectivity index (χ2n) is 11.4. The number of hydrogen-bond donors (Lipinski definition) is 3. The summed E-state index contributed by atoms with van der Waals surface area (Å²) in [5.41, 5.74) is 7.42. The largest absolute Gasteiger partial charge is 0.393 e. The third kappa shape index (κ3) is 6.29. The number of anilines is 2. The summed E-state index contributed by atoms with van der Waals surface area (Å²) < 4.78 is 13.7. The zero-order chi connectivity index (χ0) is 28.2. The van der Waals surface area contributed by atoms with Gasteiger partial charge in [0.1, 0.15) is 5.82 Å². The highest BCUT2D eigenvalue weighted by molar-refractivity contribution is 6.14. The van der Waals surface area contributed by atoms with Crippen molar-refractivity contribution < 1.29 is 9.50 Å². The van der Waals surface area contributed by atoms with Crippen molar-refractivity contribution in [1.82, 2.24) is 4.90 Å². The van der Waals surface area contributed by atoms with Gasteiger partial charge in [-0.05, 0) is 87.0 Å². The van der Waals surface area contributed by atoms with Crippen LogP contribution in [-0.2, 0) is 6.54 Å². The molecule has 2 aliphatic rings. The second kappa shape index (κ2) is 12.4. The average Bonchev–Trinajstić information content (AvgIpc) is 2.95. The molecule has 1 heterocycles. The minimum Gasteiger partial charge on any atom is -0.393 e. The molecule has 40 heavy (non-hydrogen) atoms. The normalized spacial score (nSPS) is 19.6. The highest BCUT2D eigenvalue weighted by Gasteiger charge is 2.32. The Labute approximate surface area is 237 Å². The molecule has 1 aliphatic carbocycles. The summed E-state index contributed by atoms with van der Waals surface area (Å²) in [5, 5.41) is 21.7. The zero-order valence-corrected chi connectivity index (χ0v) is 23.7. The van der Waals surface area contributed by atoms with Gasteiger partial charge >= 0.3 is 0 Å². The third-order valence-electron chi connectivity index (χ3n) is 8.61. The highest BCUT2D eigenvalue weighted by atomic mass is 19.1. The van der Waals surface area contributed by atoms with Gasteiger partial charge in [0.15, 0.2) is 0 Å². The number of aliphatic hydroxyl groups excluding tert-OH is 1. The number of nitrogens with one attached hydrogen (secondary N) is 2. The van der Waals surface area contributed by atoms with Crippen LogP contribution in [0.15, 0.2) is 79.0 Å². The Kier molecular flexibility index (Phi) is 8.67. The van der Waals surface area contributed by atoms with Gasteiger partial charge in [-0.2, -0.15) is 0 Å². The molecule has 1 saturated carbocycles. The number of halogens is 1. The molecule has 3 aromatic rings. The Morgan fingerprint density at radius 3 is 2.50 bits per heavy atom. The van der Waals surface area contributed by atoms with Crippen LogP contribution in [0.1, 0.15) is 47.9 Å². The first-order valence-corrected chi connectivity index (χ1v) is 14.4. The van der Waals surface area contributed by atoms with Crippen LogP contribution in [0.5, 0.6) is 0 Å². The van der Waals surface area contributed by atoms with Crippen LogP contribution >= 0.6 is 0 Å². The van der Waals surface area contributed by atoms with E-state index in [0.29, 0.717) is 23.1 Å². The summed E-state index contributed by atoms with van der Waals surface area (Å²) in [6, 6.07) is 20.9. The molecule has 1 saturated heterocycles. The number of piperidine rings is 1. The molecule has 0 unspecified atom stereocenters. The van der Waals surface area contributed by atoms with Gasteiger partial charge in [-0.25, -0.2) is 4.39 Å². The fourth-order valence-corrected chi connectivity index (χ4v) is 6.16. The van der Waals surface area contributed by atoms with Crippen molar-refractivity contribution >= 4 is 17.1 Å². The predicted octanol–water partition coefficient (Wildman–Crippen LogP) is 6.60. The smallest absolute Gasteiger partial charge is 0.123 e. The summed E-state index contributed by atoms with van der Waals surface area (Å²) >= 11 is 0. The summed E-state index contributed by atoms with van der Waals surface area (Å²) in [6.45, 7) is 10.6. The fraction of sp³-hybridized carbons (Fsp3) is 0.382. The number of hydrogen-bond acceptors (Lipinski definition) is 5. The predicted molar refractivity (Wildman–Crippen MR) is 163 cm³/mol. The molecule has 0 bridgehead atoms. The molecule has 3 N–H and O–H groups in total. The highest BCUT2D eigenvalue weighted by Crippen LogP contribution is 2.36. The monoisotopic (exact) mass is 540 g/mol. The molecule has 2 fully saturated rings. The van der Waals surface area contributed by atoms with Crippen molar-refractivity contribution in [3.05, 3.63) is 107 Å². The van der Waals surface area contributed by atoms with Crippen molar-refractivity contribution in [2.45, 2.75) is 45.3 Å². The first-order valence-electron chi connectivity index (χ1n) is 14.4. The number of aryl methyl sites for hydroxylation is 1. The van der Waals surface area contributed by atoms with Gasteiger partial charge in [-0.1, -0.05) is 49.0 Å². The molecule has 1 aliphatic heterocycles. The molecular weight excluding hydrogens is 499 g/mol. The molecule has 6 heteroatoms. The minimum absolute atomic E-state index is 0.148. The van der Waals surface area contributed by atoms with Crippen LogP contribution in [0, 0.1) is 30.0 Å². The summed E-state index contributed by atoms with van der Waals surface area (Å²) in [7, 11) is 1.86. The van der Waals surface area contributed by atoms with E-state index in [1.165, 1.54) is 34.6 Å². The molecular formula is C34H41FN4O. The van der Waals surface area contributed by atoms with Gasteiger partial charge in [-0.3, -0.25) is 10.3 Å². The average molecular weight is 541 g/mol. The lowest BCUT2D eigenvalue weighted by Crippen LogP contribution is -2.41. The number of aliphatic hydroxyl groups is 1. The number of para-hydroxylation sites is 1. The van der Waals surface area contributed by atoms with Crippen LogP contribution in [0.2, 0.25) is 0 Å². The van der Waals surface area contributed by atoms with Crippen LogP contribution in [0.4, 0.5) is 15.8 Å². The first-order chi connectivity index (χ1) is 19.3. The number of likely N-dealkylation sites (tertiary alicyclic amines) is 1. The van der Waals surface area contributed by atoms with Crippen molar-refractivity contribution in [2.75, 3.05) is 36.9 Å². The molecule has 0 radical (unpaired) electrons. The summed E-state index contributed by atoms with van der Waals surface area (Å²) in [6.07, 6.45) is 3.74. The lowest BCUT2D eigenvalue weighted by Gasteiger charge is -2.41. The molecule has 5 rings (SSSR count). The lowest BCUT2D eigenvalue weighted by molar-refractivity contribution is 0.0462. The quantitative estimate of drug-likeness (QED) is 0.254. The topological polar surface area (TPSA) is 62.6 Å². The molecule has 0 spiro atoms. The van der Waals surface area contributed by atoms with Crippen molar-refractivity contribution in [1.29, 1.82) is 5.41 Å². The molecule has 210 valence electrons. The zero-order valence-electron chi connectivity index (χ0n) is 23.7. The Hall–Kier alpha value is -3.48. The maximum atomic E-state index is 13.7. The minimum atomic E-state index is -0.333. The molecule has 5 nitrogen and oxygen atoms in total. The van der Waals surface area contributed by atoms with E-state index in [4.69, 9.17) is 5.41 Å². The van der Waals surface area contributed by atoms with Gasteiger partial charge < -0.3 is 15.3 Å². The summed E-state index contributed by atoms with van der Waals surface area (Å²) in [5.74, 6) is 0.612. The van der Waals surface area contributed by atoms with Crippen LogP contribution in [-0.4, -0.2) is 48.5 Å². The SMILES string of the molecule is C=C(C1CCN(Cc2ccc(C(=N)c3cccc(F)c3)c(NC)c2)CC1)N(CC1CC(O)C1)c1ccccc1C. The molecule has 0 atom stereocenters. The van der Waals surface area contributed by atoms with E-state index >= 15 is 0 Å². The molecule has 0 aromatic heterocycles. The van der Waals surface area contributed by atoms with E-state index in [1.54, 1.807) is 12.1 Å². The van der Waals surface area contributed by atoms with E-state index in [0.717, 1.165) is 63.1 Å². The van der Waals surface area contributed by atoms with E-state index in [1.807, 2.05) is 13.1 Å². The Balaban J connectivity index is 1.22. The standard InChI is InChI=1S/C34H41FN4O/c1-23-7-4-5-10-33(23)39(22-26-17-30(40)18-26)24(2)27-13-15-38(16-14-27)21-25-11-12-31(32(19-25)37-3)34(36)28-8-6-9-29(35)20-28/h4-12,19-20,26-27,30,36-37,40H,2,13-18,21-22H2,1,3H3. The lowest BCUT2D eigenvalue weighted by atomic mass is 9.81. The molecule has 0 amide bonds. The van der Waals surface area contributed by atoms with Crippen molar-refractivity contribution in [2.24, 2.45) is 11.8 Å². The maximum absolute atomic E-state index is 13.7. The van der Waals surface area contributed by atoms with Gasteiger partial charge in [0, 0.05) is 54.3 Å². The number of nitrogens with zero attached hydrogens (tertiary/aromatic N) is 2. The first kappa shape index (κ1) is 28.1. The molecule has 3 aromatic carbocycles. The Morgan fingerprint density at radius 1 is 1.07 bits per heavy atom. The maximum Gasteiger partial charge on any atom is 0.123 e. The van der Waals surface area contributed by atoms with Gasteiger partial charge in [0.25, 0.3) is 0 Å². The van der Waals surface area contributed by atoms with Gasteiger partial charge in [0.2, 0.25) is 0 Å². The van der Waals surface area contributed by atoms with E-state index in [2.05, 4.69) is 65.0 Å². The van der Waals surface area contributed by atoms with Gasteiger partial charge in [0.05, 0.1) is 11.8 Å². The van der Waals surface area contributed by atoms with E-state index in [9.17, 15) is 9.50 Å². The number of benzene rings is 3. The number of rotatable bonds is 10. The number of allylic oxidation sites excluding steroid dienone is 1. The fourth-order valence-electron chi connectivity index (χ4n) is 6.16. The van der Waals surface area contributed by atoms with Crippen LogP contribution < -0.4 is 10.2 Å². The van der Waals surface area contributed by atoms with E-state index < -0.39 is 0 Å². The van der Waals surface area contributed by atoms with E-state index in [-0.39, 0.29) is 11.9 Å². The van der Waals surface area contributed by atoms with Gasteiger partial charge in [-0.15, -0.1) is 0 Å². The van der Waals surface area contributed by atoms with Crippen LogP contribution in [0.25, 0.3) is 0 Å². The Morgan fingerprint density at radius 2 is 1.82 bits per heavy atom. The van der Waals surface area contributed by atoms with Crippen molar-refractivity contribution in [3.8, 4) is 0 Å². The van der Waals surface area contributed by atoms with Crippen LogP contribution in [0.3, 0.4) is 0 Å². The second-order valence-corrected chi connectivity index (χ2v) is 11.4. The summed E-state index contributed by atoms with van der Waals surface area (Å²) in [4.78, 5) is 4.92. The van der Waals surface area contributed by atoms with Crippen molar-refractivity contribution in [3.63, 3.8) is 0 Å². The third-order valence-corrected chi connectivity index (χ3v) is 8.61.